The molecular weight excluding hydrogens is 316 g/mol. The van der Waals surface area contributed by atoms with Crippen LogP contribution >= 0.6 is 27.3 Å². The van der Waals surface area contributed by atoms with Crippen LogP contribution in [0.25, 0.3) is 0 Å². The summed E-state index contributed by atoms with van der Waals surface area (Å²) in [6, 6.07) is 3.99. The Morgan fingerprint density at radius 2 is 2.22 bits per heavy atom. The van der Waals surface area contributed by atoms with E-state index in [1.807, 2.05) is 12.1 Å². The van der Waals surface area contributed by atoms with Crippen molar-refractivity contribution in [1.29, 1.82) is 0 Å². The van der Waals surface area contributed by atoms with Crippen molar-refractivity contribution in [2.45, 2.75) is 19.4 Å². The largest absolute Gasteiger partial charge is 0.381 e. The molecule has 0 radical (unpaired) electrons. The first kappa shape index (κ1) is 14.0. The molecule has 6 heteroatoms. The van der Waals surface area contributed by atoms with Crippen molar-refractivity contribution in [3.8, 4) is 0 Å². The third-order valence-electron chi connectivity index (χ3n) is 3.37. The summed E-state index contributed by atoms with van der Waals surface area (Å²) >= 11 is 5.04. The quantitative estimate of drug-likeness (QED) is 0.884. The van der Waals surface area contributed by atoms with Crippen LogP contribution < -0.4 is 11.1 Å². The number of hydrogen-bond acceptors (Lipinski definition) is 4. The molecule has 1 fully saturated rings. The molecule has 1 aromatic heterocycles. The minimum absolute atomic E-state index is 0.0535. The van der Waals surface area contributed by atoms with Crippen molar-refractivity contribution in [1.82, 2.24) is 5.32 Å². The van der Waals surface area contributed by atoms with Crippen LogP contribution in [0.2, 0.25) is 0 Å². The SMILES string of the molecule is NCC1(C(=O)NCc2ccc(Br)s2)CCOCC1. The first-order valence-corrected chi connectivity index (χ1v) is 7.57. The van der Waals surface area contributed by atoms with Crippen molar-refractivity contribution < 1.29 is 9.53 Å². The third-order valence-corrected chi connectivity index (χ3v) is 5.00. The zero-order valence-corrected chi connectivity index (χ0v) is 12.5. The maximum absolute atomic E-state index is 12.3. The van der Waals surface area contributed by atoms with Crippen LogP contribution in [0.4, 0.5) is 0 Å². The summed E-state index contributed by atoms with van der Waals surface area (Å²) in [7, 11) is 0. The lowest BCUT2D eigenvalue weighted by atomic mass is 9.79. The summed E-state index contributed by atoms with van der Waals surface area (Å²) in [4.78, 5) is 13.4. The molecule has 1 aliphatic rings. The Labute approximate surface area is 119 Å². The van der Waals surface area contributed by atoms with Crippen LogP contribution in [0.5, 0.6) is 0 Å². The fourth-order valence-corrected chi connectivity index (χ4v) is 3.51. The Morgan fingerprint density at radius 1 is 1.50 bits per heavy atom. The minimum Gasteiger partial charge on any atom is -0.381 e. The van der Waals surface area contributed by atoms with Gasteiger partial charge in [0.2, 0.25) is 5.91 Å². The molecule has 1 saturated heterocycles. The molecule has 2 heterocycles. The third kappa shape index (κ3) is 3.12. The number of carbonyl (C=O) groups is 1. The van der Waals surface area contributed by atoms with E-state index in [-0.39, 0.29) is 5.91 Å². The molecule has 0 bridgehead atoms. The van der Waals surface area contributed by atoms with E-state index < -0.39 is 5.41 Å². The van der Waals surface area contributed by atoms with Gasteiger partial charge in [0.05, 0.1) is 15.7 Å². The molecule has 0 atom stereocenters. The van der Waals surface area contributed by atoms with Crippen LogP contribution in [0.3, 0.4) is 0 Å². The lowest BCUT2D eigenvalue weighted by Crippen LogP contribution is -2.48. The van der Waals surface area contributed by atoms with Gasteiger partial charge in [-0.05, 0) is 40.9 Å². The summed E-state index contributed by atoms with van der Waals surface area (Å²) in [6.45, 7) is 2.19. The summed E-state index contributed by atoms with van der Waals surface area (Å²) in [5, 5.41) is 2.99. The van der Waals surface area contributed by atoms with E-state index in [9.17, 15) is 4.79 Å². The molecule has 1 aromatic rings. The van der Waals surface area contributed by atoms with E-state index in [0.29, 0.717) is 39.1 Å². The van der Waals surface area contributed by atoms with Gasteiger partial charge in [-0.2, -0.15) is 0 Å². The van der Waals surface area contributed by atoms with Crippen LogP contribution in [0.1, 0.15) is 17.7 Å². The van der Waals surface area contributed by atoms with Gasteiger partial charge in [-0.3, -0.25) is 4.79 Å². The average molecular weight is 333 g/mol. The van der Waals surface area contributed by atoms with Crippen LogP contribution in [0, 0.1) is 5.41 Å². The van der Waals surface area contributed by atoms with Gasteiger partial charge in [0.15, 0.2) is 0 Å². The molecule has 18 heavy (non-hydrogen) atoms. The van der Waals surface area contributed by atoms with Crippen LogP contribution in [-0.4, -0.2) is 25.7 Å². The van der Waals surface area contributed by atoms with Crippen molar-refractivity contribution in [3.05, 3.63) is 20.8 Å². The number of nitrogens with two attached hydrogens (primary N) is 1. The Morgan fingerprint density at radius 3 is 2.78 bits per heavy atom. The van der Waals surface area contributed by atoms with Gasteiger partial charge in [0.1, 0.15) is 0 Å². The highest BCUT2D eigenvalue weighted by Crippen LogP contribution is 2.30. The first-order valence-electron chi connectivity index (χ1n) is 5.97. The van der Waals surface area contributed by atoms with Gasteiger partial charge in [-0.1, -0.05) is 0 Å². The van der Waals surface area contributed by atoms with E-state index >= 15 is 0 Å². The highest BCUT2D eigenvalue weighted by Gasteiger charge is 2.38. The molecular formula is C12H17BrN2O2S. The average Bonchev–Trinajstić information content (AvgIpc) is 2.82. The minimum atomic E-state index is -0.438. The van der Waals surface area contributed by atoms with E-state index in [1.54, 1.807) is 11.3 Å². The number of carbonyl (C=O) groups excluding carboxylic acids is 1. The van der Waals surface area contributed by atoms with Crippen molar-refractivity contribution in [2.24, 2.45) is 11.1 Å². The lowest BCUT2D eigenvalue weighted by Gasteiger charge is -2.34. The van der Waals surface area contributed by atoms with E-state index in [2.05, 4.69) is 21.2 Å². The van der Waals surface area contributed by atoms with Crippen LogP contribution in [-0.2, 0) is 16.1 Å². The smallest absolute Gasteiger partial charge is 0.227 e. The molecule has 0 aromatic carbocycles. The predicted molar refractivity (Wildman–Crippen MR) is 75.4 cm³/mol. The Balaban J connectivity index is 1.93. The first-order chi connectivity index (χ1) is 8.66. The number of halogens is 1. The number of rotatable bonds is 4. The summed E-state index contributed by atoms with van der Waals surface area (Å²) in [5.74, 6) is 0.0535. The fourth-order valence-electron chi connectivity index (χ4n) is 2.09. The number of thiophene rings is 1. The molecule has 4 nitrogen and oxygen atoms in total. The summed E-state index contributed by atoms with van der Waals surface area (Å²) in [5.41, 5.74) is 5.35. The second kappa shape index (κ2) is 6.14. The molecule has 2 rings (SSSR count). The summed E-state index contributed by atoms with van der Waals surface area (Å²) < 4.78 is 6.38. The highest BCUT2D eigenvalue weighted by atomic mass is 79.9. The standard InChI is InChI=1S/C12H17BrN2O2S/c13-10-2-1-9(18-10)7-15-11(16)12(8-14)3-5-17-6-4-12/h1-2H,3-8,14H2,(H,15,16). The Hall–Kier alpha value is -0.430. The summed E-state index contributed by atoms with van der Waals surface area (Å²) in [6.07, 6.45) is 1.42. The normalized spacial score (nSPS) is 18.6. The van der Waals surface area contributed by atoms with Gasteiger partial charge >= 0.3 is 0 Å². The number of amides is 1. The van der Waals surface area contributed by atoms with E-state index in [4.69, 9.17) is 10.5 Å². The second-order valence-electron chi connectivity index (χ2n) is 4.49. The highest BCUT2D eigenvalue weighted by molar-refractivity contribution is 9.11. The lowest BCUT2D eigenvalue weighted by molar-refractivity contribution is -0.136. The molecule has 1 aliphatic heterocycles. The van der Waals surface area contributed by atoms with Gasteiger partial charge in [-0.25, -0.2) is 0 Å². The number of hydrogen-bond donors (Lipinski definition) is 2. The molecule has 0 unspecified atom stereocenters. The van der Waals surface area contributed by atoms with Crippen molar-refractivity contribution >= 4 is 33.2 Å². The zero-order valence-electron chi connectivity index (χ0n) is 10.1. The number of ether oxygens (including phenoxy) is 1. The molecule has 0 saturated carbocycles. The molecule has 0 spiro atoms. The van der Waals surface area contributed by atoms with E-state index in [0.717, 1.165) is 8.66 Å². The molecule has 100 valence electrons. The molecule has 0 aliphatic carbocycles. The maximum atomic E-state index is 12.3. The Bertz CT molecular complexity index is 416. The predicted octanol–water partition coefficient (Wildman–Crippen LogP) is 1.88. The molecule has 1 amide bonds. The second-order valence-corrected chi connectivity index (χ2v) is 7.03. The maximum Gasteiger partial charge on any atom is 0.227 e. The number of nitrogens with one attached hydrogen (secondary N) is 1. The van der Waals surface area contributed by atoms with Crippen LogP contribution in [0.15, 0.2) is 15.9 Å². The zero-order chi connectivity index (χ0) is 13.0. The van der Waals surface area contributed by atoms with Gasteiger partial charge in [0, 0.05) is 24.6 Å². The topological polar surface area (TPSA) is 64.4 Å². The van der Waals surface area contributed by atoms with E-state index in [1.165, 1.54) is 0 Å². The van der Waals surface area contributed by atoms with Crippen molar-refractivity contribution in [2.75, 3.05) is 19.8 Å². The van der Waals surface area contributed by atoms with Gasteiger partial charge < -0.3 is 15.8 Å². The van der Waals surface area contributed by atoms with Crippen molar-refractivity contribution in [3.63, 3.8) is 0 Å². The monoisotopic (exact) mass is 332 g/mol. The molecule has 3 N–H and O–H groups in total. The van der Waals surface area contributed by atoms with Gasteiger partial charge in [0.25, 0.3) is 0 Å². The van der Waals surface area contributed by atoms with Gasteiger partial charge in [-0.15, -0.1) is 11.3 Å². The Kier molecular flexibility index (Phi) is 4.77. The fraction of sp³-hybridized carbons (Fsp3) is 0.583.